The molecule has 1 aromatic carbocycles. The van der Waals surface area contributed by atoms with Gasteiger partial charge in [0.05, 0.1) is 16.6 Å². The first-order chi connectivity index (χ1) is 9.47. The molecule has 0 spiro atoms. The van der Waals surface area contributed by atoms with E-state index in [0.29, 0.717) is 30.1 Å². The summed E-state index contributed by atoms with van der Waals surface area (Å²) < 4.78 is 0.824. The molecule has 1 heterocycles. The van der Waals surface area contributed by atoms with Crippen molar-refractivity contribution in [3.63, 3.8) is 0 Å². The van der Waals surface area contributed by atoms with Crippen molar-refractivity contribution in [1.29, 1.82) is 0 Å². The second-order valence-corrected chi connectivity index (χ2v) is 6.00. The third kappa shape index (κ3) is 3.64. The number of urea groups is 1. The van der Waals surface area contributed by atoms with Gasteiger partial charge in [-0.3, -0.25) is 4.79 Å². The molecule has 0 radical (unpaired) electrons. The van der Waals surface area contributed by atoms with Gasteiger partial charge in [0.15, 0.2) is 0 Å². The quantitative estimate of drug-likeness (QED) is 0.848. The smallest absolute Gasteiger partial charge is 0.321 e. The average molecular weight is 362 g/mol. The Balaban J connectivity index is 2.02. The van der Waals surface area contributed by atoms with E-state index in [1.54, 1.807) is 18.2 Å². The lowest BCUT2D eigenvalue weighted by Gasteiger charge is -2.30. The number of aliphatic carboxylic acids is 1. The van der Waals surface area contributed by atoms with E-state index >= 15 is 0 Å². The molecule has 0 aliphatic carbocycles. The Bertz CT molecular complexity index is 538. The van der Waals surface area contributed by atoms with Crippen LogP contribution in [0.2, 0.25) is 5.02 Å². The van der Waals surface area contributed by atoms with Crippen molar-refractivity contribution in [3.8, 4) is 0 Å². The fourth-order valence-corrected chi connectivity index (χ4v) is 2.87. The molecule has 0 aromatic heterocycles. The van der Waals surface area contributed by atoms with Crippen LogP contribution in [0.1, 0.15) is 12.8 Å². The van der Waals surface area contributed by atoms with Crippen LogP contribution in [0.5, 0.6) is 0 Å². The maximum atomic E-state index is 12.1. The van der Waals surface area contributed by atoms with Crippen molar-refractivity contribution in [1.82, 2.24) is 4.90 Å². The van der Waals surface area contributed by atoms with Crippen LogP contribution in [-0.4, -0.2) is 35.1 Å². The molecule has 1 saturated heterocycles. The van der Waals surface area contributed by atoms with Gasteiger partial charge in [-0.25, -0.2) is 4.79 Å². The van der Waals surface area contributed by atoms with Crippen molar-refractivity contribution in [2.24, 2.45) is 5.92 Å². The zero-order valence-electron chi connectivity index (χ0n) is 10.6. The summed E-state index contributed by atoms with van der Waals surface area (Å²) in [4.78, 5) is 24.6. The van der Waals surface area contributed by atoms with E-state index in [-0.39, 0.29) is 12.6 Å². The van der Waals surface area contributed by atoms with Gasteiger partial charge >= 0.3 is 12.0 Å². The second kappa shape index (κ2) is 6.45. The number of rotatable bonds is 2. The lowest BCUT2D eigenvalue weighted by molar-refractivity contribution is -0.143. The van der Waals surface area contributed by atoms with E-state index in [1.807, 2.05) is 0 Å². The van der Waals surface area contributed by atoms with E-state index < -0.39 is 11.9 Å². The Morgan fingerprint density at radius 3 is 2.85 bits per heavy atom. The lowest BCUT2D eigenvalue weighted by Crippen LogP contribution is -2.44. The highest BCUT2D eigenvalue weighted by Gasteiger charge is 2.28. The Morgan fingerprint density at radius 1 is 1.45 bits per heavy atom. The van der Waals surface area contributed by atoms with Crippen molar-refractivity contribution < 1.29 is 14.7 Å². The van der Waals surface area contributed by atoms with E-state index in [2.05, 4.69) is 21.2 Å². The normalized spacial score (nSPS) is 18.7. The average Bonchev–Trinajstić information content (AvgIpc) is 2.42. The maximum Gasteiger partial charge on any atom is 0.321 e. The lowest BCUT2D eigenvalue weighted by atomic mass is 9.99. The van der Waals surface area contributed by atoms with Crippen LogP contribution in [0.3, 0.4) is 0 Å². The number of halogens is 2. The summed E-state index contributed by atoms with van der Waals surface area (Å²) in [5.74, 6) is -1.35. The van der Waals surface area contributed by atoms with Gasteiger partial charge in [-0.2, -0.15) is 0 Å². The molecule has 1 unspecified atom stereocenters. The minimum absolute atomic E-state index is 0.231. The highest BCUT2D eigenvalue weighted by atomic mass is 79.9. The molecular weight excluding hydrogens is 348 g/mol. The summed E-state index contributed by atoms with van der Waals surface area (Å²) in [5.41, 5.74) is 0.511. The first-order valence-corrected chi connectivity index (χ1v) is 7.38. The number of carboxylic acid groups (broad SMARTS) is 1. The predicted molar refractivity (Wildman–Crippen MR) is 80.1 cm³/mol. The molecule has 2 N–H and O–H groups in total. The van der Waals surface area contributed by atoms with Gasteiger partial charge < -0.3 is 15.3 Å². The number of nitrogens with one attached hydrogen (secondary N) is 1. The minimum Gasteiger partial charge on any atom is -0.481 e. The molecule has 1 fully saturated rings. The highest BCUT2D eigenvalue weighted by molar-refractivity contribution is 9.10. The molecule has 108 valence electrons. The molecule has 0 saturated carbocycles. The van der Waals surface area contributed by atoms with Crippen LogP contribution in [0, 0.1) is 5.92 Å². The number of hydrogen-bond donors (Lipinski definition) is 2. The summed E-state index contributed by atoms with van der Waals surface area (Å²) in [6.07, 6.45) is 1.30. The molecule has 2 rings (SSSR count). The number of carbonyl (C=O) groups is 2. The number of carboxylic acids is 1. The molecule has 0 bridgehead atoms. The number of piperidine rings is 1. The van der Waals surface area contributed by atoms with Crippen molar-refractivity contribution >= 4 is 45.2 Å². The number of benzene rings is 1. The van der Waals surface area contributed by atoms with Crippen LogP contribution >= 0.6 is 27.5 Å². The van der Waals surface area contributed by atoms with Crippen molar-refractivity contribution in [3.05, 3.63) is 27.7 Å². The van der Waals surface area contributed by atoms with Gasteiger partial charge in [0.1, 0.15) is 0 Å². The molecule has 5 nitrogen and oxygen atoms in total. The number of amides is 2. The molecule has 2 amide bonds. The predicted octanol–water partition coefficient (Wildman–Crippen LogP) is 3.43. The summed E-state index contributed by atoms with van der Waals surface area (Å²) in [5, 5.41) is 12.2. The minimum atomic E-state index is -0.857. The highest BCUT2D eigenvalue weighted by Crippen LogP contribution is 2.26. The van der Waals surface area contributed by atoms with E-state index in [0.717, 1.165) is 4.47 Å². The van der Waals surface area contributed by atoms with Crippen LogP contribution in [-0.2, 0) is 4.79 Å². The fraction of sp³-hybridized carbons (Fsp3) is 0.385. The van der Waals surface area contributed by atoms with Gasteiger partial charge in [-0.1, -0.05) is 27.5 Å². The monoisotopic (exact) mass is 360 g/mol. The molecule has 1 aliphatic heterocycles. The maximum absolute atomic E-state index is 12.1. The fourth-order valence-electron chi connectivity index (χ4n) is 2.15. The Labute approximate surface area is 130 Å². The summed E-state index contributed by atoms with van der Waals surface area (Å²) >= 11 is 9.32. The van der Waals surface area contributed by atoms with Gasteiger partial charge in [0.25, 0.3) is 0 Å². The SMILES string of the molecule is O=C(O)C1CCCN(C(=O)Nc2ccc(Br)cc2Cl)C1. The molecule has 7 heteroatoms. The third-order valence-corrected chi connectivity index (χ3v) is 4.04. The van der Waals surface area contributed by atoms with E-state index in [1.165, 1.54) is 4.90 Å². The molecular formula is C13H14BrClN2O3. The Morgan fingerprint density at radius 2 is 2.20 bits per heavy atom. The van der Waals surface area contributed by atoms with Crippen LogP contribution < -0.4 is 5.32 Å². The Hall–Kier alpha value is -1.27. The summed E-state index contributed by atoms with van der Waals surface area (Å²) in [6, 6.07) is 4.84. The van der Waals surface area contributed by atoms with E-state index in [4.69, 9.17) is 16.7 Å². The van der Waals surface area contributed by atoms with Crippen LogP contribution in [0.4, 0.5) is 10.5 Å². The van der Waals surface area contributed by atoms with Gasteiger partial charge in [0, 0.05) is 17.6 Å². The number of nitrogens with zero attached hydrogens (tertiary/aromatic N) is 1. The Kier molecular flexibility index (Phi) is 4.88. The van der Waals surface area contributed by atoms with Gasteiger partial charge in [-0.05, 0) is 31.0 Å². The van der Waals surface area contributed by atoms with Crippen LogP contribution in [0.15, 0.2) is 22.7 Å². The van der Waals surface area contributed by atoms with Gasteiger partial charge in [0.2, 0.25) is 0 Å². The van der Waals surface area contributed by atoms with Crippen molar-refractivity contribution in [2.75, 3.05) is 18.4 Å². The first-order valence-electron chi connectivity index (χ1n) is 6.21. The first kappa shape index (κ1) is 15.1. The van der Waals surface area contributed by atoms with Crippen LogP contribution in [0.25, 0.3) is 0 Å². The van der Waals surface area contributed by atoms with Crippen molar-refractivity contribution in [2.45, 2.75) is 12.8 Å². The van der Waals surface area contributed by atoms with E-state index in [9.17, 15) is 9.59 Å². The number of likely N-dealkylation sites (tertiary alicyclic amines) is 1. The number of anilines is 1. The summed E-state index contributed by atoms with van der Waals surface area (Å²) in [6.45, 7) is 0.791. The summed E-state index contributed by atoms with van der Waals surface area (Å²) in [7, 11) is 0. The third-order valence-electron chi connectivity index (χ3n) is 3.23. The zero-order valence-corrected chi connectivity index (χ0v) is 12.9. The molecule has 20 heavy (non-hydrogen) atoms. The molecule has 1 aromatic rings. The second-order valence-electron chi connectivity index (χ2n) is 4.68. The standard InChI is InChI=1S/C13H14BrClN2O3/c14-9-3-4-11(10(15)6-9)16-13(20)17-5-1-2-8(7-17)12(18)19/h3-4,6,8H,1-2,5,7H2,(H,16,20)(H,18,19). The molecule has 1 atom stereocenters. The number of carbonyl (C=O) groups excluding carboxylic acids is 1. The number of hydrogen-bond acceptors (Lipinski definition) is 2. The topological polar surface area (TPSA) is 69.6 Å². The zero-order chi connectivity index (χ0) is 14.7. The largest absolute Gasteiger partial charge is 0.481 e. The van der Waals surface area contributed by atoms with Gasteiger partial charge in [-0.15, -0.1) is 0 Å². The molecule has 1 aliphatic rings.